The summed E-state index contributed by atoms with van der Waals surface area (Å²) in [6, 6.07) is 33.7. The van der Waals surface area contributed by atoms with Crippen LogP contribution >= 0.6 is 63.0 Å². The number of unbranched alkanes of at least 4 members (excludes halogenated alkanes) is 4. The largest absolute Gasteiger partial charge is 0.460 e. The summed E-state index contributed by atoms with van der Waals surface area (Å²) in [6.45, 7) is 19.1. The minimum Gasteiger partial charge on any atom is -0.460 e. The highest BCUT2D eigenvalue weighted by Gasteiger charge is 2.40. The van der Waals surface area contributed by atoms with Gasteiger partial charge >= 0.3 is 5.97 Å². The van der Waals surface area contributed by atoms with Crippen LogP contribution in [0.25, 0.3) is 43.1 Å². The molecule has 2 unspecified atom stereocenters. The van der Waals surface area contributed by atoms with Crippen LogP contribution in [-0.2, 0) is 39.9 Å². The first-order valence-corrected chi connectivity index (χ1v) is 32.8. The van der Waals surface area contributed by atoms with Gasteiger partial charge in [0.25, 0.3) is 23.6 Å². The minimum atomic E-state index is -0.873. The molecule has 0 fully saturated rings. The third-order valence-corrected chi connectivity index (χ3v) is 21.2. The lowest BCUT2D eigenvalue weighted by Gasteiger charge is -2.34. The van der Waals surface area contributed by atoms with Crippen molar-refractivity contribution in [2.45, 2.75) is 156 Å². The van der Waals surface area contributed by atoms with Gasteiger partial charge in [-0.15, -0.1) is 23.1 Å². The van der Waals surface area contributed by atoms with Crippen LogP contribution in [0.1, 0.15) is 199 Å². The average molecular weight is 1250 g/mol. The summed E-state index contributed by atoms with van der Waals surface area (Å²) in [5.74, 6) is -0.984. The molecule has 0 aliphatic carbocycles. The highest BCUT2D eigenvalue weighted by Crippen LogP contribution is 2.49. The van der Waals surface area contributed by atoms with Gasteiger partial charge in [0.1, 0.15) is 10.1 Å². The van der Waals surface area contributed by atoms with Gasteiger partial charge in [0.05, 0.1) is 27.5 Å². The highest BCUT2D eigenvalue weighted by molar-refractivity contribution is 9.11. The Bertz CT molecular complexity index is 3840. The fraction of sp³-hybridized carbons (Fsp3) is 0.377. The third-order valence-electron chi connectivity index (χ3n) is 16.6. The molecule has 10 rings (SSSR count). The van der Waals surface area contributed by atoms with E-state index >= 15 is 0 Å². The van der Waals surface area contributed by atoms with Gasteiger partial charge in [0, 0.05) is 49.6 Å². The molecule has 0 bridgehead atoms. The van der Waals surface area contributed by atoms with E-state index in [1.54, 1.807) is 47.0 Å². The predicted molar refractivity (Wildman–Crippen MR) is 351 cm³/mol. The quantitative estimate of drug-likeness (QED) is 0.0182. The number of hydrogen-bond acceptors (Lipinski definition) is 11. The number of carbonyl (C=O) groups excluding carboxylic acids is 5. The van der Waals surface area contributed by atoms with Crippen LogP contribution < -0.4 is 4.90 Å². The number of thiophene rings is 1. The lowest BCUT2D eigenvalue weighted by Crippen LogP contribution is -2.42. The van der Waals surface area contributed by atoms with E-state index in [4.69, 9.17) is 17.0 Å². The first kappa shape index (κ1) is 60.2. The second-order valence-corrected chi connectivity index (χ2v) is 30.7. The Balaban J connectivity index is 0.894. The van der Waals surface area contributed by atoms with E-state index in [-0.39, 0.29) is 53.4 Å². The maximum absolute atomic E-state index is 14.9. The van der Waals surface area contributed by atoms with Gasteiger partial charge in [-0.2, -0.15) is 5.26 Å². The molecule has 3 heterocycles. The van der Waals surface area contributed by atoms with E-state index in [9.17, 15) is 29.2 Å². The van der Waals surface area contributed by atoms with E-state index < -0.39 is 17.2 Å². The highest BCUT2D eigenvalue weighted by atomic mass is 79.9. The molecule has 2 atom stereocenters. The van der Waals surface area contributed by atoms with E-state index in [0.717, 1.165) is 98.2 Å². The maximum atomic E-state index is 14.9. The van der Waals surface area contributed by atoms with E-state index in [0.29, 0.717) is 51.6 Å². The average Bonchev–Trinajstić information content (AvgIpc) is 4.10. The number of anilines is 1. The van der Waals surface area contributed by atoms with E-state index in [1.807, 2.05) is 79.7 Å². The number of nitrogens with zero attached hydrogens (tertiary/aromatic N) is 3. The van der Waals surface area contributed by atoms with Gasteiger partial charge in [-0.05, 0) is 168 Å². The number of thioether (sulfide) groups is 2. The zero-order valence-electron chi connectivity index (χ0n) is 48.8. The Morgan fingerprint density at radius 3 is 1.80 bits per heavy atom. The summed E-state index contributed by atoms with van der Waals surface area (Å²) in [5, 5.41) is 16.6. The number of benzene rings is 7. The second kappa shape index (κ2) is 24.2. The van der Waals surface area contributed by atoms with Gasteiger partial charge in [-0.3, -0.25) is 28.9 Å². The molecule has 428 valence electrons. The fourth-order valence-corrected chi connectivity index (χ4v) is 16.7. The van der Waals surface area contributed by atoms with E-state index in [2.05, 4.69) is 89.5 Å². The molecule has 0 spiro atoms. The van der Waals surface area contributed by atoms with Crippen molar-refractivity contribution in [3.8, 4) is 6.07 Å². The molecule has 0 radical (unpaired) electrons. The number of imide groups is 2. The lowest BCUT2D eigenvalue weighted by atomic mass is 9.79. The molecule has 2 aliphatic heterocycles. The number of fused-ring (bicyclic) bond motifs is 2. The zero-order chi connectivity index (χ0) is 59.3. The minimum absolute atomic E-state index is 0.0385. The molecular formula is C69H70BrN3O6S4. The van der Waals surface area contributed by atoms with Crippen molar-refractivity contribution in [2.24, 2.45) is 5.41 Å². The van der Waals surface area contributed by atoms with Gasteiger partial charge in [-0.1, -0.05) is 166 Å². The standard InChI is InChI=1S/C69H70BrN3O6S4/c1-10-12-14-15-16-42-34-56(70)82-55(42)38-79-57(74)31-32-69(9,39-71)36-54(83-66(80)81-33-13-11-2)41-19-17-40(18-20-41)37-72-62(75)48-26-22-44-46-24-28-50-61-51(29-25-47(59(46)61)45-23-27-49(63(72)76)60(48)58(44)45)65(78)73(64(50)77)53-35-43(67(3,4)5)21-30-52(53)68(6,7)8/h17-30,34-35,54H,10-16,31-33,36-38H2,1-9H3. The molecule has 0 saturated heterocycles. The fourth-order valence-electron chi connectivity index (χ4n) is 11.9. The van der Waals surface area contributed by atoms with Crippen molar-refractivity contribution in [1.29, 1.82) is 5.26 Å². The van der Waals surface area contributed by atoms with Crippen LogP contribution in [0.5, 0.6) is 0 Å². The van der Waals surface area contributed by atoms with Crippen molar-refractivity contribution < 1.29 is 28.7 Å². The molecule has 9 nitrogen and oxygen atoms in total. The van der Waals surface area contributed by atoms with E-state index in [1.165, 1.54) is 34.6 Å². The molecular weight excluding hydrogens is 1170 g/mol. The number of hydrogen-bond donors (Lipinski definition) is 0. The molecule has 1 aromatic heterocycles. The van der Waals surface area contributed by atoms with Crippen LogP contribution in [0.2, 0.25) is 0 Å². The van der Waals surface area contributed by atoms with Gasteiger partial charge < -0.3 is 4.74 Å². The summed E-state index contributed by atoms with van der Waals surface area (Å²) >= 11 is 14.3. The Morgan fingerprint density at radius 1 is 0.699 bits per heavy atom. The lowest BCUT2D eigenvalue weighted by molar-refractivity contribution is -0.145. The third kappa shape index (κ3) is 11.9. The number of esters is 1. The molecule has 0 saturated carbocycles. The monoisotopic (exact) mass is 1240 g/mol. The molecule has 0 N–H and O–H groups in total. The summed E-state index contributed by atoms with van der Waals surface area (Å²) in [4.78, 5) is 76.3. The Labute approximate surface area is 513 Å². The number of ether oxygens (including phenoxy) is 1. The number of amides is 4. The molecule has 2 aliphatic rings. The predicted octanol–water partition coefficient (Wildman–Crippen LogP) is 18.9. The molecule has 4 amide bonds. The van der Waals surface area contributed by atoms with Gasteiger partial charge in [0.15, 0.2) is 0 Å². The summed E-state index contributed by atoms with van der Waals surface area (Å²) in [6.07, 6.45) is 8.53. The summed E-state index contributed by atoms with van der Waals surface area (Å²) < 4.78 is 7.63. The van der Waals surface area contributed by atoms with Crippen LogP contribution in [0.3, 0.4) is 0 Å². The number of rotatable bonds is 20. The molecule has 7 aromatic carbocycles. The first-order valence-electron chi connectivity index (χ1n) is 28.9. The van der Waals surface area contributed by atoms with Gasteiger partial charge in [-0.25, -0.2) is 4.90 Å². The number of halogens is 1. The van der Waals surface area contributed by atoms with Crippen molar-refractivity contribution in [1.82, 2.24) is 4.90 Å². The number of nitriles is 1. The number of aryl methyl sites for hydroxylation is 1. The number of thiocarbonyl (C=S) groups is 1. The first-order chi connectivity index (χ1) is 39.5. The molecule has 83 heavy (non-hydrogen) atoms. The summed E-state index contributed by atoms with van der Waals surface area (Å²) in [7, 11) is 0. The smallest absolute Gasteiger partial charge is 0.306 e. The zero-order valence-corrected chi connectivity index (χ0v) is 53.7. The van der Waals surface area contributed by atoms with Crippen LogP contribution in [0.4, 0.5) is 5.69 Å². The topological polar surface area (TPSA) is 125 Å². The summed E-state index contributed by atoms with van der Waals surface area (Å²) in [5.41, 5.74) is 5.71. The Hall–Kier alpha value is -5.95. The molecule has 8 aromatic rings. The van der Waals surface area contributed by atoms with Crippen molar-refractivity contribution in [2.75, 3.05) is 10.7 Å². The Kier molecular flexibility index (Phi) is 17.5. The molecule has 14 heteroatoms. The van der Waals surface area contributed by atoms with Crippen LogP contribution in [-0.4, -0.2) is 43.8 Å². The van der Waals surface area contributed by atoms with Crippen molar-refractivity contribution in [3.05, 3.63) is 156 Å². The normalized spacial score (nSPS) is 14.8. The Morgan fingerprint density at radius 2 is 1.27 bits per heavy atom. The maximum Gasteiger partial charge on any atom is 0.306 e. The van der Waals surface area contributed by atoms with Gasteiger partial charge in [0.2, 0.25) is 0 Å². The SMILES string of the molecule is CCCCCCc1cc(Br)sc1COC(=O)CCC(C)(C#N)CC(SC(=S)SCCCC)c1ccc(CN2C(=O)c3ccc4c5ccc6c7c(ccc(c8ccc(c3c48)C2=O)c75)C(=O)N(c2cc(C(C)(C)C)ccc2C(C)(C)C)C6=O)cc1. The van der Waals surface area contributed by atoms with Crippen molar-refractivity contribution >= 4 is 145 Å². The second-order valence-electron chi connectivity index (χ2n) is 24.7. The van der Waals surface area contributed by atoms with Crippen LogP contribution in [0.15, 0.2) is 101 Å². The van der Waals surface area contributed by atoms with Crippen molar-refractivity contribution in [3.63, 3.8) is 0 Å². The number of carbonyl (C=O) groups is 5. The van der Waals surface area contributed by atoms with Crippen LogP contribution in [0, 0.1) is 16.7 Å².